The van der Waals surface area contributed by atoms with Crippen LogP contribution in [0.5, 0.6) is 17.2 Å². The highest BCUT2D eigenvalue weighted by molar-refractivity contribution is 5.50. The summed E-state index contributed by atoms with van der Waals surface area (Å²) in [5, 5.41) is 0. The van der Waals surface area contributed by atoms with Gasteiger partial charge in [0.05, 0.1) is 40.0 Å². The lowest BCUT2D eigenvalue weighted by Crippen LogP contribution is -2.18. The summed E-state index contributed by atoms with van der Waals surface area (Å²) in [7, 11) is 4.84. The van der Waals surface area contributed by atoms with E-state index in [1.807, 2.05) is 12.1 Å². The molecule has 0 saturated heterocycles. The Balaban J connectivity index is 2.79. The number of nitrogens with one attached hydrogen (secondary N) is 1. The normalized spacial score (nSPS) is 10.6. The fraction of sp³-hybridized carbons (Fsp3) is 0.571. The number of hydroxylamine groups is 1. The van der Waals surface area contributed by atoms with E-state index in [0.717, 1.165) is 5.56 Å². The van der Waals surface area contributed by atoms with E-state index in [9.17, 15) is 0 Å². The van der Waals surface area contributed by atoms with Gasteiger partial charge in [0.15, 0.2) is 0 Å². The highest BCUT2D eigenvalue weighted by atomic mass is 16.6. The van der Waals surface area contributed by atoms with E-state index in [-0.39, 0.29) is 0 Å². The van der Waals surface area contributed by atoms with Crippen LogP contribution in [-0.4, -0.2) is 27.9 Å². The van der Waals surface area contributed by atoms with Gasteiger partial charge in [0.25, 0.3) is 0 Å². The van der Waals surface area contributed by atoms with E-state index in [1.54, 1.807) is 21.3 Å². The Morgan fingerprint density at radius 2 is 1.58 bits per heavy atom. The fourth-order valence-corrected chi connectivity index (χ4v) is 1.60. The Kier molecular flexibility index (Phi) is 6.45. The molecule has 19 heavy (non-hydrogen) atoms. The summed E-state index contributed by atoms with van der Waals surface area (Å²) in [6.07, 6.45) is 0. The molecule has 5 nitrogen and oxygen atoms in total. The van der Waals surface area contributed by atoms with Crippen LogP contribution in [0, 0.1) is 5.92 Å². The Hall–Kier alpha value is -1.46. The monoisotopic (exact) mass is 269 g/mol. The van der Waals surface area contributed by atoms with Crippen molar-refractivity contribution in [1.82, 2.24) is 5.48 Å². The fourth-order valence-electron chi connectivity index (χ4n) is 1.60. The van der Waals surface area contributed by atoms with Gasteiger partial charge < -0.3 is 19.0 Å². The summed E-state index contributed by atoms with van der Waals surface area (Å²) in [5.41, 5.74) is 3.82. The first-order valence-electron chi connectivity index (χ1n) is 6.25. The Morgan fingerprint density at radius 3 is 2.00 bits per heavy atom. The van der Waals surface area contributed by atoms with Crippen LogP contribution in [-0.2, 0) is 11.4 Å². The highest BCUT2D eigenvalue weighted by Crippen LogP contribution is 2.33. The third-order valence-corrected chi connectivity index (χ3v) is 2.58. The molecule has 0 aromatic heterocycles. The van der Waals surface area contributed by atoms with Gasteiger partial charge in [0.1, 0.15) is 17.2 Å². The molecule has 0 aliphatic heterocycles. The number of ether oxygens (including phenoxy) is 3. The Morgan fingerprint density at radius 1 is 1.00 bits per heavy atom. The van der Waals surface area contributed by atoms with Crippen molar-refractivity contribution in [1.29, 1.82) is 0 Å². The summed E-state index contributed by atoms with van der Waals surface area (Å²) >= 11 is 0. The molecular weight excluding hydrogens is 246 g/mol. The summed E-state index contributed by atoms with van der Waals surface area (Å²) in [5.74, 6) is 2.58. The van der Waals surface area contributed by atoms with Crippen molar-refractivity contribution in [2.45, 2.75) is 20.4 Å². The van der Waals surface area contributed by atoms with Gasteiger partial charge in [-0.15, -0.1) is 0 Å². The van der Waals surface area contributed by atoms with Gasteiger partial charge >= 0.3 is 0 Å². The van der Waals surface area contributed by atoms with E-state index in [2.05, 4.69) is 19.3 Å². The second-order valence-electron chi connectivity index (χ2n) is 4.54. The maximum absolute atomic E-state index is 5.36. The van der Waals surface area contributed by atoms with Crippen LogP contribution >= 0.6 is 0 Å². The molecule has 0 radical (unpaired) electrons. The first-order chi connectivity index (χ1) is 9.12. The van der Waals surface area contributed by atoms with Gasteiger partial charge in [-0.1, -0.05) is 13.8 Å². The molecule has 1 aromatic carbocycles. The molecule has 0 spiro atoms. The highest BCUT2D eigenvalue weighted by Gasteiger charge is 2.13. The molecule has 108 valence electrons. The molecular formula is C14H23NO4. The first kappa shape index (κ1) is 15.6. The van der Waals surface area contributed by atoms with Crippen LogP contribution in [0.4, 0.5) is 0 Å². The molecule has 0 unspecified atom stereocenters. The molecule has 1 aromatic rings. The largest absolute Gasteiger partial charge is 0.496 e. The minimum Gasteiger partial charge on any atom is -0.496 e. The number of rotatable bonds is 8. The number of hydrogen-bond acceptors (Lipinski definition) is 5. The quantitative estimate of drug-likeness (QED) is 0.580. The van der Waals surface area contributed by atoms with Crippen molar-refractivity contribution in [2.75, 3.05) is 27.9 Å². The van der Waals surface area contributed by atoms with Crippen LogP contribution in [0.2, 0.25) is 0 Å². The van der Waals surface area contributed by atoms with Gasteiger partial charge in [-0.3, -0.25) is 0 Å². The van der Waals surface area contributed by atoms with Crippen LogP contribution < -0.4 is 19.7 Å². The topological polar surface area (TPSA) is 49.0 Å². The van der Waals surface area contributed by atoms with Crippen LogP contribution in [0.15, 0.2) is 12.1 Å². The average molecular weight is 269 g/mol. The molecule has 1 N–H and O–H groups in total. The number of benzene rings is 1. The maximum atomic E-state index is 5.36. The Bertz CT molecular complexity index is 368. The smallest absolute Gasteiger partial charge is 0.130 e. The zero-order chi connectivity index (χ0) is 14.3. The van der Waals surface area contributed by atoms with Crippen LogP contribution in [0.25, 0.3) is 0 Å². The first-order valence-corrected chi connectivity index (χ1v) is 6.25. The standard InChI is InChI=1S/C14H23NO4/c1-10(2)9-19-15-8-12-13(17-4)6-11(16-3)7-14(12)18-5/h6-7,10,15H,8-9H2,1-5H3. The van der Waals surface area contributed by atoms with Gasteiger partial charge in [-0.25, -0.2) is 0 Å². The molecule has 0 heterocycles. The summed E-state index contributed by atoms with van der Waals surface area (Å²) in [6, 6.07) is 3.64. The van der Waals surface area contributed by atoms with Crippen molar-refractivity contribution in [3.63, 3.8) is 0 Å². The molecule has 0 aliphatic rings. The van der Waals surface area contributed by atoms with Crippen molar-refractivity contribution < 1.29 is 19.0 Å². The lowest BCUT2D eigenvalue weighted by molar-refractivity contribution is 0.0190. The minimum atomic E-state index is 0.479. The molecule has 0 aliphatic carbocycles. The summed E-state index contributed by atoms with van der Waals surface area (Å²) in [6.45, 7) is 5.34. The van der Waals surface area contributed by atoms with E-state index in [4.69, 9.17) is 19.0 Å². The predicted molar refractivity (Wildman–Crippen MR) is 73.7 cm³/mol. The van der Waals surface area contributed by atoms with Crippen LogP contribution in [0.1, 0.15) is 19.4 Å². The minimum absolute atomic E-state index is 0.479. The lowest BCUT2D eigenvalue weighted by atomic mass is 10.1. The third-order valence-electron chi connectivity index (χ3n) is 2.58. The van der Waals surface area contributed by atoms with Crippen molar-refractivity contribution in [3.8, 4) is 17.2 Å². The van der Waals surface area contributed by atoms with E-state index < -0.39 is 0 Å². The Labute approximate surface area is 114 Å². The molecule has 1 rings (SSSR count). The van der Waals surface area contributed by atoms with Gasteiger partial charge in [0.2, 0.25) is 0 Å². The molecule has 0 atom stereocenters. The number of methoxy groups -OCH3 is 3. The van der Waals surface area contributed by atoms with Gasteiger partial charge in [-0.05, 0) is 5.92 Å². The third kappa shape index (κ3) is 4.61. The van der Waals surface area contributed by atoms with E-state index in [1.165, 1.54) is 0 Å². The average Bonchev–Trinajstić information content (AvgIpc) is 2.42. The molecule has 0 amide bonds. The second kappa shape index (κ2) is 7.86. The SMILES string of the molecule is COc1cc(OC)c(CNOCC(C)C)c(OC)c1. The zero-order valence-corrected chi connectivity index (χ0v) is 12.3. The molecule has 0 fully saturated rings. The van der Waals surface area contributed by atoms with Crippen molar-refractivity contribution >= 4 is 0 Å². The molecule has 0 bridgehead atoms. The summed E-state index contributed by atoms with van der Waals surface area (Å²) < 4.78 is 15.9. The van der Waals surface area contributed by atoms with Gasteiger partial charge in [-0.2, -0.15) is 5.48 Å². The van der Waals surface area contributed by atoms with Gasteiger partial charge in [0, 0.05) is 12.1 Å². The summed E-state index contributed by atoms with van der Waals surface area (Å²) in [4.78, 5) is 5.36. The van der Waals surface area contributed by atoms with Crippen molar-refractivity contribution in [2.24, 2.45) is 5.92 Å². The van der Waals surface area contributed by atoms with E-state index >= 15 is 0 Å². The predicted octanol–water partition coefficient (Wildman–Crippen LogP) is 2.39. The maximum Gasteiger partial charge on any atom is 0.130 e. The van der Waals surface area contributed by atoms with E-state index in [0.29, 0.717) is 36.3 Å². The number of hydrogen-bond donors (Lipinski definition) is 1. The zero-order valence-electron chi connectivity index (χ0n) is 12.3. The lowest BCUT2D eigenvalue weighted by Gasteiger charge is -2.16. The van der Waals surface area contributed by atoms with Crippen LogP contribution in [0.3, 0.4) is 0 Å². The molecule has 0 saturated carbocycles. The van der Waals surface area contributed by atoms with Crippen molar-refractivity contribution in [3.05, 3.63) is 17.7 Å². The molecule has 5 heteroatoms. The second-order valence-corrected chi connectivity index (χ2v) is 4.54.